The number of nitrogens with zero attached hydrogens (tertiary/aromatic N) is 2. The minimum Gasteiger partial charge on any atom is -0.464 e. The number of hydrogen-bond acceptors (Lipinski definition) is 4. The van der Waals surface area contributed by atoms with Crippen molar-refractivity contribution in [2.75, 3.05) is 12.9 Å². The highest BCUT2D eigenvalue weighted by Crippen LogP contribution is 2.12. The molecule has 0 saturated heterocycles. The molecule has 0 unspecified atom stereocenters. The summed E-state index contributed by atoms with van der Waals surface area (Å²) in [5.41, 5.74) is 0. The topological polar surface area (TPSA) is 35.0 Å². The van der Waals surface area contributed by atoms with Crippen LogP contribution in [0.2, 0.25) is 0 Å². The van der Waals surface area contributed by atoms with Crippen molar-refractivity contribution in [3.63, 3.8) is 0 Å². The highest BCUT2D eigenvalue weighted by molar-refractivity contribution is 7.98. The SMILES string of the molecule is CCOc1nccc(SC)n1. The van der Waals surface area contributed by atoms with E-state index in [-0.39, 0.29) is 0 Å². The Morgan fingerprint density at radius 3 is 3.09 bits per heavy atom. The zero-order valence-electron chi connectivity index (χ0n) is 6.57. The molecule has 0 amide bonds. The predicted molar refractivity (Wildman–Crippen MR) is 45.0 cm³/mol. The molecule has 1 rings (SSSR count). The van der Waals surface area contributed by atoms with Crippen molar-refractivity contribution in [1.29, 1.82) is 0 Å². The average molecular weight is 170 g/mol. The number of rotatable bonds is 3. The summed E-state index contributed by atoms with van der Waals surface area (Å²) < 4.78 is 5.11. The Kier molecular flexibility index (Phi) is 3.16. The zero-order valence-corrected chi connectivity index (χ0v) is 7.39. The van der Waals surface area contributed by atoms with Gasteiger partial charge in [0.1, 0.15) is 5.03 Å². The van der Waals surface area contributed by atoms with Crippen LogP contribution in [-0.2, 0) is 0 Å². The summed E-state index contributed by atoms with van der Waals surface area (Å²) in [6.45, 7) is 2.52. The van der Waals surface area contributed by atoms with E-state index >= 15 is 0 Å². The molecular formula is C7H10N2OS. The molecule has 1 heterocycles. The summed E-state index contributed by atoms with van der Waals surface area (Å²) >= 11 is 1.58. The van der Waals surface area contributed by atoms with Crippen LogP contribution in [0.15, 0.2) is 17.3 Å². The molecule has 0 aliphatic heterocycles. The molecule has 3 nitrogen and oxygen atoms in total. The van der Waals surface area contributed by atoms with E-state index in [0.29, 0.717) is 12.6 Å². The molecule has 60 valence electrons. The summed E-state index contributed by atoms with van der Waals surface area (Å²) in [4.78, 5) is 8.04. The van der Waals surface area contributed by atoms with Crippen molar-refractivity contribution >= 4 is 11.8 Å². The molecular weight excluding hydrogens is 160 g/mol. The number of hydrogen-bond donors (Lipinski definition) is 0. The molecule has 0 bridgehead atoms. The van der Waals surface area contributed by atoms with Crippen molar-refractivity contribution in [2.45, 2.75) is 11.9 Å². The zero-order chi connectivity index (χ0) is 8.10. The molecule has 0 fully saturated rings. The van der Waals surface area contributed by atoms with Gasteiger partial charge in [-0.05, 0) is 19.2 Å². The molecule has 0 saturated carbocycles. The summed E-state index contributed by atoms with van der Waals surface area (Å²) in [5.74, 6) is 0. The Morgan fingerprint density at radius 1 is 1.64 bits per heavy atom. The first-order valence-corrected chi connectivity index (χ1v) is 4.59. The van der Waals surface area contributed by atoms with Gasteiger partial charge in [0.05, 0.1) is 6.61 Å². The second-order valence-electron chi connectivity index (χ2n) is 1.81. The average Bonchev–Trinajstić information content (AvgIpc) is 2.06. The Bertz CT molecular complexity index is 229. The summed E-state index contributed by atoms with van der Waals surface area (Å²) in [5, 5.41) is 0.934. The lowest BCUT2D eigenvalue weighted by Gasteiger charge is -2.00. The third-order valence-electron chi connectivity index (χ3n) is 1.09. The van der Waals surface area contributed by atoms with Crippen LogP contribution in [0.1, 0.15) is 6.92 Å². The van der Waals surface area contributed by atoms with E-state index in [1.165, 1.54) is 0 Å². The van der Waals surface area contributed by atoms with Crippen LogP contribution in [0.25, 0.3) is 0 Å². The molecule has 0 aromatic carbocycles. The maximum atomic E-state index is 5.11. The summed E-state index contributed by atoms with van der Waals surface area (Å²) in [7, 11) is 0. The summed E-state index contributed by atoms with van der Waals surface area (Å²) in [6.07, 6.45) is 3.67. The molecule has 1 aromatic rings. The normalized spacial score (nSPS) is 9.64. The van der Waals surface area contributed by atoms with Crippen LogP contribution in [-0.4, -0.2) is 22.8 Å². The summed E-state index contributed by atoms with van der Waals surface area (Å²) in [6, 6.07) is 2.31. The Morgan fingerprint density at radius 2 is 2.45 bits per heavy atom. The van der Waals surface area contributed by atoms with Gasteiger partial charge in [0.15, 0.2) is 0 Å². The lowest BCUT2D eigenvalue weighted by molar-refractivity contribution is 0.309. The van der Waals surface area contributed by atoms with Crippen LogP contribution in [0, 0.1) is 0 Å². The largest absolute Gasteiger partial charge is 0.464 e. The van der Waals surface area contributed by atoms with Gasteiger partial charge in [0, 0.05) is 6.20 Å². The second-order valence-corrected chi connectivity index (χ2v) is 2.64. The number of thioether (sulfide) groups is 1. The van der Waals surface area contributed by atoms with Gasteiger partial charge < -0.3 is 4.74 Å². The molecule has 0 N–H and O–H groups in total. The van der Waals surface area contributed by atoms with Gasteiger partial charge >= 0.3 is 6.01 Å². The van der Waals surface area contributed by atoms with Crippen molar-refractivity contribution in [3.8, 4) is 6.01 Å². The van der Waals surface area contributed by atoms with E-state index in [4.69, 9.17) is 4.74 Å². The molecule has 11 heavy (non-hydrogen) atoms. The first kappa shape index (κ1) is 8.33. The monoisotopic (exact) mass is 170 g/mol. The smallest absolute Gasteiger partial charge is 0.317 e. The fourth-order valence-electron chi connectivity index (χ4n) is 0.638. The Balaban J connectivity index is 2.74. The van der Waals surface area contributed by atoms with Gasteiger partial charge in [-0.2, -0.15) is 4.98 Å². The Labute approximate surface area is 70.2 Å². The second kappa shape index (κ2) is 4.18. The molecule has 1 aromatic heterocycles. The third-order valence-corrected chi connectivity index (χ3v) is 1.74. The van der Waals surface area contributed by atoms with Crippen LogP contribution in [0.5, 0.6) is 6.01 Å². The van der Waals surface area contributed by atoms with Gasteiger partial charge in [-0.25, -0.2) is 4.98 Å². The number of ether oxygens (including phenoxy) is 1. The van der Waals surface area contributed by atoms with Crippen LogP contribution >= 0.6 is 11.8 Å². The highest BCUT2D eigenvalue weighted by Gasteiger charge is 1.96. The van der Waals surface area contributed by atoms with E-state index in [1.807, 2.05) is 19.2 Å². The van der Waals surface area contributed by atoms with Crippen molar-refractivity contribution in [2.24, 2.45) is 0 Å². The molecule has 4 heteroatoms. The molecule has 0 spiro atoms. The number of aromatic nitrogens is 2. The molecule has 0 atom stereocenters. The molecule has 0 radical (unpaired) electrons. The lowest BCUT2D eigenvalue weighted by atomic mass is 10.7. The van der Waals surface area contributed by atoms with Gasteiger partial charge in [-0.15, -0.1) is 11.8 Å². The quantitative estimate of drug-likeness (QED) is 0.510. The van der Waals surface area contributed by atoms with E-state index in [2.05, 4.69) is 9.97 Å². The fraction of sp³-hybridized carbons (Fsp3) is 0.429. The van der Waals surface area contributed by atoms with Crippen molar-refractivity contribution in [1.82, 2.24) is 9.97 Å². The molecule has 0 aliphatic carbocycles. The lowest BCUT2D eigenvalue weighted by Crippen LogP contribution is -1.96. The van der Waals surface area contributed by atoms with Crippen LogP contribution in [0.3, 0.4) is 0 Å². The van der Waals surface area contributed by atoms with E-state index in [9.17, 15) is 0 Å². The molecule has 0 aliphatic rings. The van der Waals surface area contributed by atoms with E-state index < -0.39 is 0 Å². The van der Waals surface area contributed by atoms with Gasteiger partial charge in [-0.3, -0.25) is 0 Å². The van der Waals surface area contributed by atoms with Gasteiger partial charge in [-0.1, -0.05) is 0 Å². The predicted octanol–water partition coefficient (Wildman–Crippen LogP) is 1.60. The maximum Gasteiger partial charge on any atom is 0.317 e. The van der Waals surface area contributed by atoms with Crippen molar-refractivity contribution < 1.29 is 4.74 Å². The van der Waals surface area contributed by atoms with Crippen LogP contribution in [0.4, 0.5) is 0 Å². The first-order chi connectivity index (χ1) is 5.36. The highest BCUT2D eigenvalue weighted by atomic mass is 32.2. The minimum absolute atomic E-state index is 0.458. The van der Waals surface area contributed by atoms with E-state index in [1.54, 1.807) is 18.0 Å². The minimum atomic E-state index is 0.458. The third kappa shape index (κ3) is 2.38. The van der Waals surface area contributed by atoms with Gasteiger partial charge in [0.2, 0.25) is 0 Å². The maximum absolute atomic E-state index is 5.11. The van der Waals surface area contributed by atoms with Crippen molar-refractivity contribution in [3.05, 3.63) is 12.3 Å². The Hall–Kier alpha value is -0.770. The van der Waals surface area contributed by atoms with E-state index in [0.717, 1.165) is 5.03 Å². The van der Waals surface area contributed by atoms with Gasteiger partial charge in [0.25, 0.3) is 0 Å². The standard InChI is InChI=1S/C7H10N2OS/c1-3-10-7-8-5-4-6(9-7)11-2/h4-5H,3H2,1-2H3. The fourth-order valence-corrected chi connectivity index (χ4v) is 1.00. The van der Waals surface area contributed by atoms with Crippen LogP contribution < -0.4 is 4.74 Å². The first-order valence-electron chi connectivity index (χ1n) is 3.36.